The minimum Gasteiger partial charge on any atom is -0.477 e. The molecule has 1 aliphatic rings. The second-order valence-electron chi connectivity index (χ2n) is 3.93. The largest absolute Gasteiger partial charge is 0.477 e. The van der Waals surface area contributed by atoms with Crippen molar-refractivity contribution in [1.82, 2.24) is 15.1 Å². The van der Waals surface area contributed by atoms with E-state index in [2.05, 4.69) is 10.4 Å². The Morgan fingerprint density at radius 2 is 2.53 bits per heavy atom. The molecule has 0 radical (unpaired) electrons. The molecule has 0 amide bonds. The van der Waals surface area contributed by atoms with E-state index in [0.29, 0.717) is 5.92 Å². The number of nitrogens with one attached hydrogen (secondary N) is 1. The zero-order chi connectivity index (χ0) is 10.8. The number of carboxylic acid groups (broad SMARTS) is 1. The summed E-state index contributed by atoms with van der Waals surface area (Å²) < 4.78 is 1.44. The summed E-state index contributed by atoms with van der Waals surface area (Å²) in [6.45, 7) is 1.95. The Balaban J connectivity index is 2.21. The Kier molecular flexibility index (Phi) is 2.73. The first-order valence-electron chi connectivity index (χ1n) is 5.16. The highest BCUT2D eigenvalue weighted by Crippen LogP contribution is 2.22. The minimum absolute atomic E-state index is 0.260. The molecular weight excluding hydrogens is 194 g/mol. The van der Waals surface area contributed by atoms with E-state index in [9.17, 15) is 4.79 Å². The van der Waals surface area contributed by atoms with Crippen molar-refractivity contribution < 1.29 is 9.90 Å². The lowest BCUT2D eigenvalue weighted by Crippen LogP contribution is -2.28. The first-order chi connectivity index (χ1) is 7.18. The molecule has 1 aromatic rings. The van der Waals surface area contributed by atoms with Gasteiger partial charge in [0.25, 0.3) is 0 Å². The van der Waals surface area contributed by atoms with Crippen LogP contribution >= 0.6 is 0 Å². The Bertz CT molecular complexity index is 367. The monoisotopic (exact) mass is 209 g/mol. The fourth-order valence-corrected chi connectivity index (χ4v) is 1.99. The van der Waals surface area contributed by atoms with Crippen molar-refractivity contribution >= 4 is 5.97 Å². The Hall–Kier alpha value is -1.36. The molecule has 1 aliphatic heterocycles. The van der Waals surface area contributed by atoms with E-state index in [1.807, 2.05) is 0 Å². The highest BCUT2D eigenvalue weighted by Gasteiger charge is 2.20. The lowest BCUT2D eigenvalue weighted by molar-refractivity contribution is 0.0685. The van der Waals surface area contributed by atoms with Crippen molar-refractivity contribution in [3.05, 3.63) is 17.5 Å². The average Bonchev–Trinajstić information content (AvgIpc) is 2.62. The van der Waals surface area contributed by atoms with Gasteiger partial charge in [-0.1, -0.05) is 0 Å². The molecule has 0 aliphatic carbocycles. The molecule has 15 heavy (non-hydrogen) atoms. The quantitative estimate of drug-likeness (QED) is 0.748. The predicted octanol–water partition coefficient (Wildman–Crippen LogP) is 0.585. The normalized spacial score (nSPS) is 21.5. The zero-order valence-electron chi connectivity index (χ0n) is 8.73. The van der Waals surface area contributed by atoms with Gasteiger partial charge in [0.2, 0.25) is 0 Å². The summed E-state index contributed by atoms with van der Waals surface area (Å²) in [4.78, 5) is 10.8. The molecule has 0 spiro atoms. The van der Waals surface area contributed by atoms with E-state index >= 15 is 0 Å². The van der Waals surface area contributed by atoms with Crippen LogP contribution in [-0.4, -0.2) is 33.9 Å². The summed E-state index contributed by atoms with van der Waals surface area (Å²) in [5.41, 5.74) is 1.15. The standard InChI is InChI=1S/C10H15N3O2/c1-13-9(10(14)15)5-8(12-13)7-3-2-4-11-6-7/h5,7,11H,2-4,6H2,1H3,(H,14,15). The molecule has 5 nitrogen and oxygen atoms in total. The maximum absolute atomic E-state index is 10.8. The number of nitrogens with zero attached hydrogens (tertiary/aromatic N) is 2. The van der Waals surface area contributed by atoms with E-state index in [1.165, 1.54) is 4.68 Å². The highest BCUT2D eigenvalue weighted by molar-refractivity contribution is 5.85. The summed E-state index contributed by atoms with van der Waals surface area (Å²) in [7, 11) is 1.67. The number of aryl methyl sites for hydroxylation is 1. The molecule has 82 valence electrons. The second-order valence-corrected chi connectivity index (χ2v) is 3.93. The molecule has 0 bridgehead atoms. The molecular formula is C10H15N3O2. The first kappa shape index (κ1) is 10.2. The molecule has 0 saturated carbocycles. The van der Waals surface area contributed by atoms with E-state index in [4.69, 9.17) is 5.11 Å². The van der Waals surface area contributed by atoms with Gasteiger partial charge >= 0.3 is 5.97 Å². The third-order valence-electron chi connectivity index (χ3n) is 2.83. The number of carboxylic acids is 1. The van der Waals surface area contributed by atoms with Gasteiger partial charge in [-0.25, -0.2) is 4.79 Å². The third-order valence-corrected chi connectivity index (χ3v) is 2.83. The van der Waals surface area contributed by atoms with Crippen LogP contribution in [0.4, 0.5) is 0 Å². The van der Waals surface area contributed by atoms with Crippen LogP contribution in [0.2, 0.25) is 0 Å². The van der Waals surface area contributed by atoms with Gasteiger partial charge in [0, 0.05) is 19.5 Å². The fraction of sp³-hybridized carbons (Fsp3) is 0.600. The SMILES string of the molecule is Cn1nc(C2CCCNC2)cc1C(=O)O. The van der Waals surface area contributed by atoms with Crippen LogP contribution in [0, 0.1) is 0 Å². The van der Waals surface area contributed by atoms with Crippen LogP contribution in [0.3, 0.4) is 0 Å². The highest BCUT2D eigenvalue weighted by atomic mass is 16.4. The summed E-state index contributed by atoms with van der Waals surface area (Å²) in [5.74, 6) is -0.557. The zero-order valence-corrected chi connectivity index (χ0v) is 8.73. The summed E-state index contributed by atoms with van der Waals surface area (Å²) in [6.07, 6.45) is 2.21. The maximum atomic E-state index is 10.8. The van der Waals surface area contributed by atoms with Crippen molar-refractivity contribution in [3.63, 3.8) is 0 Å². The smallest absolute Gasteiger partial charge is 0.354 e. The molecule has 1 saturated heterocycles. The van der Waals surface area contributed by atoms with Crippen molar-refractivity contribution in [1.29, 1.82) is 0 Å². The van der Waals surface area contributed by atoms with Gasteiger partial charge < -0.3 is 10.4 Å². The number of aromatic carboxylic acids is 1. The van der Waals surface area contributed by atoms with Crippen molar-refractivity contribution in [2.75, 3.05) is 13.1 Å². The fourth-order valence-electron chi connectivity index (χ4n) is 1.99. The number of hydrogen-bond donors (Lipinski definition) is 2. The number of aromatic nitrogens is 2. The van der Waals surface area contributed by atoms with Gasteiger partial charge in [-0.2, -0.15) is 5.10 Å². The Morgan fingerprint density at radius 3 is 3.07 bits per heavy atom. The van der Waals surface area contributed by atoms with E-state index < -0.39 is 5.97 Å². The first-order valence-corrected chi connectivity index (χ1v) is 5.16. The molecule has 2 heterocycles. The average molecular weight is 209 g/mol. The van der Waals surface area contributed by atoms with Gasteiger partial charge in [-0.05, 0) is 25.5 Å². The Labute approximate surface area is 88.1 Å². The molecule has 1 fully saturated rings. The molecule has 0 aromatic carbocycles. The van der Waals surface area contributed by atoms with Crippen LogP contribution in [-0.2, 0) is 7.05 Å². The lowest BCUT2D eigenvalue weighted by Gasteiger charge is -2.20. The molecule has 2 rings (SSSR count). The summed E-state index contributed by atoms with van der Waals surface area (Å²) in [5, 5.41) is 16.4. The number of piperidine rings is 1. The van der Waals surface area contributed by atoms with Crippen LogP contribution in [0.1, 0.15) is 34.9 Å². The van der Waals surface area contributed by atoms with Crippen LogP contribution in [0.5, 0.6) is 0 Å². The van der Waals surface area contributed by atoms with E-state index in [-0.39, 0.29) is 5.69 Å². The second kappa shape index (κ2) is 4.02. The third kappa shape index (κ3) is 2.02. The van der Waals surface area contributed by atoms with Crippen molar-refractivity contribution in [2.45, 2.75) is 18.8 Å². The van der Waals surface area contributed by atoms with Gasteiger partial charge in [-0.3, -0.25) is 4.68 Å². The predicted molar refractivity (Wildman–Crippen MR) is 55.0 cm³/mol. The Morgan fingerprint density at radius 1 is 1.73 bits per heavy atom. The number of carbonyl (C=O) groups is 1. The lowest BCUT2D eigenvalue weighted by atomic mass is 9.96. The van der Waals surface area contributed by atoms with Crippen molar-refractivity contribution in [2.24, 2.45) is 7.05 Å². The van der Waals surface area contributed by atoms with Crippen LogP contribution in [0.25, 0.3) is 0 Å². The number of hydrogen-bond acceptors (Lipinski definition) is 3. The van der Waals surface area contributed by atoms with E-state index in [1.54, 1.807) is 13.1 Å². The van der Waals surface area contributed by atoms with Crippen LogP contribution < -0.4 is 5.32 Å². The molecule has 2 N–H and O–H groups in total. The molecule has 1 aromatic heterocycles. The summed E-state index contributed by atoms with van der Waals surface area (Å²) in [6, 6.07) is 1.68. The number of rotatable bonds is 2. The molecule has 5 heteroatoms. The molecule has 1 atom stereocenters. The minimum atomic E-state index is -0.917. The van der Waals surface area contributed by atoms with Gasteiger partial charge in [0.1, 0.15) is 5.69 Å². The van der Waals surface area contributed by atoms with Gasteiger partial charge in [0.15, 0.2) is 0 Å². The van der Waals surface area contributed by atoms with Crippen molar-refractivity contribution in [3.8, 4) is 0 Å². The maximum Gasteiger partial charge on any atom is 0.354 e. The van der Waals surface area contributed by atoms with Gasteiger partial charge in [-0.15, -0.1) is 0 Å². The van der Waals surface area contributed by atoms with Gasteiger partial charge in [0.05, 0.1) is 5.69 Å². The molecule has 1 unspecified atom stereocenters. The topological polar surface area (TPSA) is 67.2 Å². The summed E-state index contributed by atoms with van der Waals surface area (Å²) >= 11 is 0. The van der Waals surface area contributed by atoms with Crippen LogP contribution in [0.15, 0.2) is 6.07 Å². The van der Waals surface area contributed by atoms with E-state index in [0.717, 1.165) is 31.6 Å².